The second kappa shape index (κ2) is 4.11. The van der Waals surface area contributed by atoms with Gasteiger partial charge in [0.2, 0.25) is 0 Å². The zero-order valence-electron chi connectivity index (χ0n) is 6.38. The zero-order valence-corrected chi connectivity index (χ0v) is 7.28. The first-order valence-electron chi connectivity index (χ1n) is 3.55. The van der Waals surface area contributed by atoms with Crippen molar-refractivity contribution in [2.75, 3.05) is 0 Å². The number of nitrogens with zero attached hydrogens (tertiary/aromatic N) is 1. The van der Waals surface area contributed by atoms with Gasteiger partial charge < -0.3 is 0 Å². The lowest BCUT2D eigenvalue weighted by molar-refractivity contribution is -0.494. The number of hydrogen-bond acceptors (Lipinski definition) is 3. The number of hydrogen-bond donors (Lipinski definition) is 1. The van der Waals surface area contributed by atoms with E-state index in [0.717, 1.165) is 5.56 Å². The SMILES string of the molecule is O=[N+]([O-])C(S)Cc1ccccc1. The summed E-state index contributed by atoms with van der Waals surface area (Å²) in [6.07, 6.45) is 0.372. The van der Waals surface area contributed by atoms with Crippen molar-refractivity contribution >= 4 is 12.6 Å². The fourth-order valence-corrected chi connectivity index (χ4v) is 1.11. The molecule has 1 aromatic rings. The molecule has 1 unspecified atom stereocenters. The predicted octanol–water partition coefficient (Wildman–Crippen LogP) is 1.76. The zero-order chi connectivity index (χ0) is 8.97. The van der Waals surface area contributed by atoms with Gasteiger partial charge in [-0.3, -0.25) is 10.1 Å². The summed E-state index contributed by atoms with van der Waals surface area (Å²) in [5, 5.41) is 9.43. The van der Waals surface area contributed by atoms with E-state index in [2.05, 4.69) is 12.6 Å². The molecular weight excluding hydrogens is 174 g/mol. The van der Waals surface area contributed by atoms with Gasteiger partial charge in [-0.05, 0) is 5.56 Å². The molecule has 4 heteroatoms. The Bertz CT molecular complexity index is 263. The highest BCUT2D eigenvalue weighted by atomic mass is 32.1. The van der Waals surface area contributed by atoms with E-state index in [4.69, 9.17) is 0 Å². The molecule has 0 aromatic heterocycles. The van der Waals surface area contributed by atoms with E-state index in [9.17, 15) is 10.1 Å². The van der Waals surface area contributed by atoms with Crippen molar-refractivity contribution in [2.45, 2.75) is 11.8 Å². The third-order valence-corrected chi connectivity index (χ3v) is 1.88. The highest BCUT2D eigenvalue weighted by Gasteiger charge is 2.13. The van der Waals surface area contributed by atoms with E-state index < -0.39 is 10.3 Å². The molecular formula is C8H9NO2S. The number of rotatable bonds is 3. The Balaban J connectivity index is 2.58. The van der Waals surface area contributed by atoms with Crippen LogP contribution in [0.1, 0.15) is 5.56 Å². The van der Waals surface area contributed by atoms with Gasteiger partial charge in [0.1, 0.15) is 0 Å². The van der Waals surface area contributed by atoms with Crippen molar-refractivity contribution < 1.29 is 4.92 Å². The topological polar surface area (TPSA) is 43.1 Å². The number of thiol groups is 1. The minimum Gasteiger partial charge on any atom is -0.263 e. The average Bonchev–Trinajstić information content (AvgIpc) is 2.06. The van der Waals surface area contributed by atoms with Crippen LogP contribution in [0.15, 0.2) is 30.3 Å². The second-order valence-electron chi connectivity index (χ2n) is 2.46. The summed E-state index contributed by atoms with van der Waals surface area (Å²) < 4.78 is 0. The molecule has 0 fully saturated rings. The van der Waals surface area contributed by atoms with Crippen molar-refractivity contribution in [3.63, 3.8) is 0 Å². The second-order valence-corrected chi connectivity index (χ2v) is 3.05. The molecule has 0 bridgehead atoms. The molecule has 12 heavy (non-hydrogen) atoms. The van der Waals surface area contributed by atoms with Crippen molar-refractivity contribution in [1.29, 1.82) is 0 Å². The van der Waals surface area contributed by atoms with Crippen molar-refractivity contribution in [3.8, 4) is 0 Å². The maximum Gasteiger partial charge on any atom is 0.259 e. The van der Waals surface area contributed by atoms with Crippen molar-refractivity contribution in [1.82, 2.24) is 0 Å². The monoisotopic (exact) mass is 183 g/mol. The third-order valence-electron chi connectivity index (χ3n) is 1.50. The van der Waals surface area contributed by atoms with Gasteiger partial charge in [0.05, 0.1) is 6.42 Å². The van der Waals surface area contributed by atoms with E-state index in [1.54, 1.807) is 0 Å². The van der Waals surface area contributed by atoms with E-state index in [1.807, 2.05) is 30.3 Å². The van der Waals surface area contributed by atoms with Crippen molar-refractivity contribution in [2.24, 2.45) is 0 Å². The highest BCUT2D eigenvalue weighted by molar-refractivity contribution is 7.80. The number of benzene rings is 1. The summed E-state index contributed by atoms with van der Waals surface area (Å²) in [5.74, 6) is 0. The van der Waals surface area contributed by atoms with E-state index in [-0.39, 0.29) is 0 Å². The van der Waals surface area contributed by atoms with E-state index >= 15 is 0 Å². The first-order valence-corrected chi connectivity index (χ1v) is 4.07. The van der Waals surface area contributed by atoms with Gasteiger partial charge in [0.25, 0.3) is 5.37 Å². The Morgan fingerprint density at radius 2 is 2.00 bits per heavy atom. The van der Waals surface area contributed by atoms with Crippen LogP contribution < -0.4 is 0 Å². The summed E-state index contributed by atoms with van der Waals surface area (Å²) in [4.78, 5) is 9.84. The molecule has 0 saturated heterocycles. The molecule has 0 aliphatic carbocycles. The van der Waals surface area contributed by atoms with Gasteiger partial charge in [-0.25, -0.2) is 0 Å². The molecule has 1 rings (SSSR count). The molecule has 3 nitrogen and oxygen atoms in total. The maximum absolute atomic E-state index is 10.2. The van der Waals surface area contributed by atoms with E-state index in [1.165, 1.54) is 0 Å². The minimum atomic E-state index is -0.799. The van der Waals surface area contributed by atoms with Crippen LogP contribution in [-0.2, 0) is 6.42 Å². The van der Waals surface area contributed by atoms with Gasteiger partial charge in [0, 0.05) is 4.92 Å². The summed E-state index contributed by atoms with van der Waals surface area (Å²) in [6, 6.07) is 9.30. The Morgan fingerprint density at radius 1 is 1.42 bits per heavy atom. The maximum atomic E-state index is 10.2. The smallest absolute Gasteiger partial charge is 0.259 e. The Kier molecular flexibility index (Phi) is 3.10. The molecule has 0 spiro atoms. The molecule has 1 atom stereocenters. The first kappa shape index (κ1) is 9.06. The van der Waals surface area contributed by atoms with Gasteiger partial charge in [-0.2, -0.15) is 0 Å². The normalized spacial score (nSPS) is 12.4. The van der Waals surface area contributed by atoms with Gasteiger partial charge in [-0.15, -0.1) is 12.6 Å². The fourth-order valence-electron chi connectivity index (χ4n) is 0.899. The molecule has 64 valence electrons. The molecule has 0 saturated carbocycles. The van der Waals surface area contributed by atoms with Gasteiger partial charge >= 0.3 is 0 Å². The lowest BCUT2D eigenvalue weighted by Gasteiger charge is -2.01. The summed E-state index contributed by atoms with van der Waals surface area (Å²) >= 11 is 3.84. The standard InChI is InChI=1S/C8H9NO2S/c10-9(11)8(12)6-7-4-2-1-3-5-7/h1-5,8,12H,6H2. The molecule has 0 radical (unpaired) electrons. The Labute approximate surface area is 76.0 Å². The van der Waals surface area contributed by atoms with Crippen LogP contribution in [0.2, 0.25) is 0 Å². The van der Waals surface area contributed by atoms with Crippen LogP contribution in [0.4, 0.5) is 0 Å². The molecule has 1 aromatic carbocycles. The molecule has 0 aliphatic rings. The van der Waals surface area contributed by atoms with Crippen LogP contribution in [0.3, 0.4) is 0 Å². The molecule has 0 N–H and O–H groups in total. The Morgan fingerprint density at radius 3 is 2.50 bits per heavy atom. The molecule has 0 aliphatic heterocycles. The largest absolute Gasteiger partial charge is 0.263 e. The minimum absolute atomic E-state index is 0.372. The average molecular weight is 183 g/mol. The van der Waals surface area contributed by atoms with Crippen LogP contribution in [0.5, 0.6) is 0 Å². The fraction of sp³-hybridized carbons (Fsp3) is 0.250. The third kappa shape index (κ3) is 2.54. The van der Waals surface area contributed by atoms with E-state index in [0.29, 0.717) is 6.42 Å². The molecule has 0 amide bonds. The van der Waals surface area contributed by atoms with Crippen LogP contribution in [0, 0.1) is 10.1 Å². The van der Waals surface area contributed by atoms with Crippen LogP contribution in [-0.4, -0.2) is 10.3 Å². The van der Waals surface area contributed by atoms with Gasteiger partial charge in [0.15, 0.2) is 0 Å². The predicted molar refractivity (Wildman–Crippen MR) is 49.9 cm³/mol. The Hall–Kier alpha value is -1.03. The lowest BCUT2D eigenvalue weighted by atomic mass is 10.1. The summed E-state index contributed by atoms with van der Waals surface area (Å²) in [7, 11) is 0. The first-order chi connectivity index (χ1) is 5.70. The van der Waals surface area contributed by atoms with Crippen molar-refractivity contribution in [3.05, 3.63) is 46.0 Å². The summed E-state index contributed by atoms with van der Waals surface area (Å²) in [6.45, 7) is 0. The van der Waals surface area contributed by atoms with Crippen LogP contribution >= 0.6 is 12.6 Å². The lowest BCUT2D eigenvalue weighted by Crippen LogP contribution is -2.14. The quantitative estimate of drug-likeness (QED) is 0.336. The number of nitro groups is 1. The summed E-state index contributed by atoms with van der Waals surface area (Å²) in [5.41, 5.74) is 0.939. The highest BCUT2D eigenvalue weighted by Crippen LogP contribution is 2.07. The van der Waals surface area contributed by atoms with Gasteiger partial charge in [-0.1, -0.05) is 30.3 Å². The van der Waals surface area contributed by atoms with Crippen LogP contribution in [0.25, 0.3) is 0 Å². The molecule has 0 heterocycles.